The van der Waals surface area contributed by atoms with E-state index in [1.807, 2.05) is 20.8 Å². The van der Waals surface area contributed by atoms with E-state index in [0.717, 1.165) is 16.7 Å². The molecule has 0 fully saturated rings. The lowest BCUT2D eigenvalue weighted by molar-refractivity contribution is 0.0940. The highest BCUT2D eigenvalue weighted by Crippen LogP contribution is 2.24. The lowest BCUT2D eigenvalue weighted by Gasteiger charge is -2.21. The second-order valence-electron chi connectivity index (χ2n) is 8.32. The summed E-state index contributed by atoms with van der Waals surface area (Å²) in [4.78, 5) is 13.0. The van der Waals surface area contributed by atoms with Crippen LogP contribution in [-0.2, 0) is 10.0 Å². The molecule has 1 amide bonds. The molecule has 0 bridgehead atoms. The van der Waals surface area contributed by atoms with Crippen molar-refractivity contribution in [3.05, 3.63) is 94.0 Å². The average molecular weight is 451 g/mol. The number of hydrogen-bond acceptors (Lipinski definition) is 3. The number of sulfonamides is 1. The van der Waals surface area contributed by atoms with Gasteiger partial charge in [-0.15, -0.1) is 0 Å². The Kier molecular flexibility index (Phi) is 6.74. The number of anilines is 1. The van der Waals surface area contributed by atoms with Crippen LogP contribution >= 0.6 is 0 Å². The Balaban J connectivity index is 1.75. The van der Waals surface area contributed by atoms with Crippen LogP contribution in [0.1, 0.15) is 51.1 Å². The van der Waals surface area contributed by atoms with Gasteiger partial charge in [-0.25, -0.2) is 8.42 Å². The summed E-state index contributed by atoms with van der Waals surface area (Å²) < 4.78 is 27.0. The molecule has 1 N–H and O–H groups in total. The molecule has 5 nitrogen and oxygen atoms in total. The van der Waals surface area contributed by atoms with E-state index < -0.39 is 10.0 Å². The molecule has 0 aromatic heterocycles. The van der Waals surface area contributed by atoms with Gasteiger partial charge in [0.25, 0.3) is 15.9 Å². The highest BCUT2D eigenvalue weighted by molar-refractivity contribution is 7.92. The van der Waals surface area contributed by atoms with Crippen molar-refractivity contribution in [2.45, 2.75) is 45.6 Å². The van der Waals surface area contributed by atoms with Gasteiger partial charge in [-0.3, -0.25) is 9.10 Å². The number of carbonyl (C=O) groups is 1. The largest absolute Gasteiger partial charge is 0.346 e. The maximum atomic E-state index is 12.9. The zero-order valence-corrected chi connectivity index (χ0v) is 20.2. The fourth-order valence-corrected chi connectivity index (χ4v) is 4.83. The summed E-state index contributed by atoms with van der Waals surface area (Å²) in [6.45, 7) is 10.1. The number of nitrogens with one attached hydrogen (secondary N) is 1. The number of rotatable bonds is 6. The number of hydrogen-bond donors (Lipinski definition) is 1. The standard InChI is InChI=1S/C26H30N2O3S/c1-17-7-13-24(14-8-17)32(30,31)28(6)23-11-9-22(10-12-23)26(29)27-21(5)25-16-19(3)18(2)15-20(25)4/h7-16,21H,1-6H3,(H,27,29)/t21-/m0/s1. The third-order valence-electron chi connectivity index (χ3n) is 5.87. The van der Waals surface area contributed by atoms with Crippen molar-refractivity contribution >= 4 is 21.6 Å². The van der Waals surface area contributed by atoms with Gasteiger partial charge in [0.1, 0.15) is 0 Å². The predicted molar refractivity (Wildman–Crippen MR) is 130 cm³/mol. The number of nitrogens with zero attached hydrogens (tertiary/aromatic N) is 1. The van der Waals surface area contributed by atoms with Crippen LogP contribution in [0, 0.1) is 27.7 Å². The Bertz CT molecular complexity index is 1230. The maximum absolute atomic E-state index is 12.9. The van der Waals surface area contributed by atoms with Crippen LogP contribution in [0.2, 0.25) is 0 Å². The van der Waals surface area contributed by atoms with Gasteiger partial charge in [0.05, 0.1) is 16.6 Å². The van der Waals surface area contributed by atoms with Gasteiger partial charge in [-0.1, -0.05) is 29.8 Å². The van der Waals surface area contributed by atoms with E-state index in [2.05, 4.69) is 31.3 Å². The molecule has 3 aromatic carbocycles. The van der Waals surface area contributed by atoms with E-state index in [-0.39, 0.29) is 16.8 Å². The second-order valence-corrected chi connectivity index (χ2v) is 10.3. The number of aryl methyl sites for hydroxylation is 4. The average Bonchev–Trinajstić information content (AvgIpc) is 2.76. The Labute approximate surface area is 191 Å². The minimum Gasteiger partial charge on any atom is -0.346 e. The smallest absolute Gasteiger partial charge is 0.264 e. The molecule has 6 heteroatoms. The Morgan fingerprint density at radius 2 is 1.41 bits per heavy atom. The highest BCUT2D eigenvalue weighted by atomic mass is 32.2. The number of benzene rings is 3. The minimum absolute atomic E-state index is 0.147. The third-order valence-corrected chi connectivity index (χ3v) is 7.67. The van der Waals surface area contributed by atoms with Crippen molar-refractivity contribution in [1.29, 1.82) is 0 Å². The monoisotopic (exact) mass is 450 g/mol. The van der Waals surface area contributed by atoms with Crippen LogP contribution in [0.15, 0.2) is 65.6 Å². The quantitative estimate of drug-likeness (QED) is 0.559. The lowest BCUT2D eigenvalue weighted by atomic mass is 9.96. The van der Waals surface area contributed by atoms with Crippen LogP contribution in [0.3, 0.4) is 0 Å². The maximum Gasteiger partial charge on any atom is 0.264 e. The Hall–Kier alpha value is -3.12. The van der Waals surface area contributed by atoms with Crippen molar-refractivity contribution in [3.8, 4) is 0 Å². The number of carbonyl (C=O) groups excluding carboxylic acids is 1. The molecule has 3 rings (SSSR count). The van der Waals surface area contributed by atoms with Crippen LogP contribution in [-0.4, -0.2) is 21.4 Å². The molecule has 0 saturated carbocycles. The zero-order valence-electron chi connectivity index (χ0n) is 19.4. The van der Waals surface area contributed by atoms with Crippen molar-refractivity contribution in [2.24, 2.45) is 0 Å². The fraction of sp³-hybridized carbons (Fsp3) is 0.269. The van der Waals surface area contributed by atoms with E-state index in [1.54, 1.807) is 48.5 Å². The molecule has 0 heterocycles. The lowest BCUT2D eigenvalue weighted by Crippen LogP contribution is -2.28. The van der Waals surface area contributed by atoms with E-state index in [4.69, 9.17) is 0 Å². The first-order chi connectivity index (χ1) is 15.0. The Morgan fingerprint density at radius 3 is 2.00 bits per heavy atom. The number of amides is 1. The summed E-state index contributed by atoms with van der Waals surface area (Å²) in [6, 6.07) is 17.4. The molecule has 32 heavy (non-hydrogen) atoms. The molecule has 0 saturated heterocycles. The van der Waals surface area contributed by atoms with E-state index in [9.17, 15) is 13.2 Å². The summed E-state index contributed by atoms with van der Waals surface area (Å²) in [5.41, 5.74) is 6.59. The third kappa shape index (κ3) is 4.86. The highest BCUT2D eigenvalue weighted by Gasteiger charge is 2.21. The van der Waals surface area contributed by atoms with Crippen molar-refractivity contribution in [1.82, 2.24) is 5.32 Å². The van der Waals surface area contributed by atoms with Gasteiger partial charge < -0.3 is 5.32 Å². The molecule has 3 aromatic rings. The Morgan fingerprint density at radius 1 is 0.844 bits per heavy atom. The molecule has 0 aliphatic rings. The second kappa shape index (κ2) is 9.17. The first-order valence-corrected chi connectivity index (χ1v) is 12.0. The van der Waals surface area contributed by atoms with Crippen LogP contribution in [0.4, 0.5) is 5.69 Å². The molecule has 0 aliphatic carbocycles. The fourth-order valence-electron chi connectivity index (χ4n) is 3.64. The minimum atomic E-state index is -3.68. The van der Waals surface area contributed by atoms with Crippen LogP contribution in [0.5, 0.6) is 0 Å². The van der Waals surface area contributed by atoms with Crippen molar-refractivity contribution in [2.75, 3.05) is 11.4 Å². The normalized spacial score (nSPS) is 12.3. The van der Waals surface area contributed by atoms with Gasteiger partial charge in [-0.05, 0) is 93.3 Å². The summed E-state index contributed by atoms with van der Waals surface area (Å²) >= 11 is 0. The zero-order chi connectivity index (χ0) is 23.6. The predicted octanol–water partition coefficient (Wildman–Crippen LogP) is 5.24. The van der Waals surface area contributed by atoms with Crippen LogP contribution < -0.4 is 9.62 Å². The van der Waals surface area contributed by atoms with Crippen molar-refractivity contribution < 1.29 is 13.2 Å². The molecule has 0 spiro atoms. The summed E-state index contributed by atoms with van der Waals surface area (Å²) in [5.74, 6) is -0.203. The summed E-state index contributed by atoms with van der Waals surface area (Å²) in [6.07, 6.45) is 0. The SMILES string of the molecule is Cc1ccc(S(=O)(=O)N(C)c2ccc(C(=O)N[C@@H](C)c3cc(C)c(C)cc3C)cc2)cc1. The first kappa shape index (κ1) is 23.5. The first-order valence-electron chi connectivity index (χ1n) is 10.5. The van der Waals surface area contributed by atoms with Crippen molar-refractivity contribution in [3.63, 3.8) is 0 Å². The molecule has 1 atom stereocenters. The van der Waals surface area contributed by atoms with Gasteiger partial charge in [0.15, 0.2) is 0 Å². The molecule has 0 unspecified atom stereocenters. The van der Waals surface area contributed by atoms with Gasteiger partial charge in [0, 0.05) is 12.6 Å². The van der Waals surface area contributed by atoms with Gasteiger partial charge in [0.2, 0.25) is 0 Å². The topological polar surface area (TPSA) is 66.5 Å². The molecule has 168 valence electrons. The van der Waals surface area contributed by atoms with E-state index in [0.29, 0.717) is 11.3 Å². The molecule has 0 radical (unpaired) electrons. The van der Waals surface area contributed by atoms with E-state index in [1.165, 1.54) is 22.5 Å². The van der Waals surface area contributed by atoms with Crippen LogP contribution in [0.25, 0.3) is 0 Å². The molecular formula is C26H30N2O3S. The van der Waals surface area contributed by atoms with E-state index >= 15 is 0 Å². The molecular weight excluding hydrogens is 420 g/mol. The summed E-state index contributed by atoms with van der Waals surface area (Å²) in [5, 5.41) is 3.04. The van der Waals surface area contributed by atoms with Gasteiger partial charge in [-0.2, -0.15) is 0 Å². The van der Waals surface area contributed by atoms with Gasteiger partial charge >= 0.3 is 0 Å². The summed E-state index contributed by atoms with van der Waals surface area (Å²) in [7, 11) is -2.17. The molecule has 0 aliphatic heterocycles.